The summed E-state index contributed by atoms with van der Waals surface area (Å²) in [6, 6.07) is 3.11. The van der Waals surface area contributed by atoms with Crippen molar-refractivity contribution in [2.24, 2.45) is 0 Å². The van der Waals surface area contributed by atoms with Crippen LogP contribution < -0.4 is 5.56 Å². The molecule has 3 rings (SSSR count). The number of ether oxygens (including phenoxy) is 1. The number of morpholine rings is 1. The van der Waals surface area contributed by atoms with Crippen LogP contribution in [-0.2, 0) is 16.0 Å². The highest BCUT2D eigenvalue weighted by Crippen LogP contribution is 2.29. The topological polar surface area (TPSA) is 78.5 Å². The number of aromatic nitrogens is 2. The summed E-state index contributed by atoms with van der Waals surface area (Å²) in [7, 11) is 2.12. The summed E-state index contributed by atoms with van der Waals surface area (Å²) in [6.45, 7) is 4.23. The summed E-state index contributed by atoms with van der Waals surface area (Å²) >= 11 is 0. The second-order valence-electron chi connectivity index (χ2n) is 6.56. The number of hydrogen-bond donors (Lipinski definition) is 1. The molecule has 0 bridgehead atoms. The molecule has 2 aliphatic rings. The summed E-state index contributed by atoms with van der Waals surface area (Å²) in [4.78, 5) is 27.6. The number of rotatable bonds is 3. The summed E-state index contributed by atoms with van der Waals surface area (Å²) in [6.07, 6.45) is 2.78. The van der Waals surface area contributed by atoms with Crippen molar-refractivity contribution in [3.63, 3.8) is 0 Å². The predicted molar refractivity (Wildman–Crippen MR) is 85.2 cm³/mol. The molecule has 7 heteroatoms. The lowest BCUT2D eigenvalue weighted by atomic mass is 9.89. The van der Waals surface area contributed by atoms with Crippen LogP contribution in [0.4, 0.5) is 0 Å². The lowest BCUT2D eigenvalue weighted by molar-refractivity contribution is -0.148. The zero-order chi connectivity index (χ0) is 16.3. The van der Waals surface area contributed by atoms with E-state index < -0.39 is 0 Å². The van der Waals surface area contributed by atoms with E-state index in [0.29, 0.717) is 12.8 Å². The molecule has 0 saturated carbocycles. The maximum atomic E-state index is 12.3. The van der Waals surface area contributed by atoms with Gasteiger partial charge in [-0.3, -0.25) is 9.59 Å². The molecule has 1 N–H and O–H groups in total. The van der Waals surface area contributed by atoms with E-state index in [1.807, 2.05) is 4.90 Å². The second kappa shape index (κ2) is 6.80. The standard InChI is InChI=1S/C16H24N4O3/c1-19-10-11-23-16(12-19)6-8-20(9-7-16)15(22)5-3-13-2-4-14(21)18-17-13/h2,4H,3,5-12H2,1H3,(H,18,21). The van der Waals surface area contributed by atoms with Gasteiger partial charge in [0, 0.05) is 45.1 Å². The van der Waals surface area contributed by atoms with Crippen LogP contribution in [0.5, 0.6) is 0 Å². The molecule has 126 valence electrons. The minimum atomic E-state index is -0.223. The molecule has 7 nitrogen and oxygen atoms in total. The van der Waals surface area contributed by atoms with E-state index in [9.17, 15) is 9.59 Å². The van der Waals surface area contributed by atoms with Crippen LogP contribution in [0, 0.1) is 0 Å². The van der Waals surface area contributed by atoms with E-state index in [0.717, 1.165) is 51.3 Å². The van der Waals surface area contributed by atoms with Crippen molar-refractivity contribution in [1.29, 1.82) is 0 Å². The fraction of sp³-hybridized carbons (Fsp3) is 0.688. The van der Waals surface area contributed by atoms with E-state index in [2.05, 4.69) is 22.1 Å². The molecule has 23 heavy (non-hydrogen) atoms. The zero-order valence-corrected chi connectivity index (χ0v) is 13.6. The molecule has 3 heterocycles. The molecule has 0 aromatic carbocycles. The average Bonchev–Trinajstić information content (AvgIpc) is 2.54. The van der Waals surface area contributed by atoms with Crippen LogP contribution in [-0.4, -0.2) is 71.3 Å². The molecule has 1 spiro atoms. The van der Waals surface area contributed by atoms with Gasteiger partial charge >= 0.3 is 0 Å². The predicted octanol–water partition coefficient (Wildman–Crippen LogP) is 0.0257. The molecule has 0 radical (unpaired) electrons. The van der Waals surface area contributed by atoms with Crippen LogP contribution in [0.3, 0.4) is 0 Å². The van der Waals surface area contributed by atoms with Crippen molar-refractivity contribution >= 4 is 5.91 Å². The number of carbonyl (C=O) groups excluding carboxylic acids is 1. The van der Waals surface area contributed by atoms with E-state index in [-0.39, 0.29) is 17.1 Å². The number of piperidine rings is 1. The molecule has 2 aliphatic heterocycles. The monoisotopic (exact) mass is 320 g/mol. The van der Waals surface area contributed by atoms with Crippen molar-refractivity contribution in [2.45, 2.75) is 31.3 Å². The van der Waals surface area contributed by atoms with Gasteiger partial charge < -0.3 is 14.5 Å². The molecule has 1 aromatic rings. The first-order valence-corrected chi connectivity index (χ1v) is 8.21. The van der Waals surface area contributed by atoms with Crippen molar-refractivity contribution in [3.8, 4) is 0 Å². The van der Waals surface area contributed by atoms with Crippen molar-refractivity contribution in [1.82, 2.24) is 20.0 Å². The Hall–Kier alpha value is -1.73. The Morgan fingerprint density at radius 2 is 2.13 bits per heavy atom. The van der Waals surface area contributed by atoms with Crippen molar-refractivity contribution < 1.29 is 9.53 Å². The first-order chi connectivity index (χ1) is 11.1. The quantitative estimate of drug-likeness (QED) is 0.850. The third kappa shape index (κ3) is 3.97. The van der Waals surface area contributed by atoms with Gasteiger partial charge in [0.1, 0.15) is 0 Å². The Morgan fingerprint density at radius 3 is 2.78 bits per heavy atom. The highest BCUT2D eigenvalue weighted by Gasteiger charge is 2.39. The minimum Gasteiger partial charge on any atom is -0.372 e. The second-order valence-corrected chi connectivity index (χ2v) is 6.56. The van der Waals surface area contributed by atoms with Crippen LogP contribution in [0.15, 0.2) is 16.9 Å². The Labute approximate surface area is 135 Å². The highest BCUT2D eigenvalue weighted by atomic mass is 16.5. The zero-order valence-electron chi connectivity index (χ0n) is 13.6. The Balaban J connectivity index is 1.48. The number of nitrogens with one attached hydrogen (secondary N) is 1. The van der Waals surface area contributed by atoms with Crippen LogP contribution >= 0.6 is 0 Å². The van der Waals surface area contributed by atoms with Gasteiger partial charge in [-0.1, -0.05) is 0 Å². The Kier molecular flexibility index (Phi) is 4.77. The number of carbonyl (C=O) groups is 1. The summed E-state index contributed by atoms with van der Waals surface area (Å²) in [5, 5.41) is 6.33. The minimum absolute atomic E-state index is 0.0652. The van der Waals surface area contributed by atoms with Gasteiger partial charge in [0.15, 0.2) is 0 Å². The highest BCUT2D eigenvalue weighted by molar-refractivity contribution is 5.76. The SMILES string of the molecule is CN1CCOC2(CCN(C(=O)CCc3ccc(=O)[nH]n3)CC2)C1. The van der Waals surface area contributed by atoms with E-state index in [4.69, 9.17) is 4.74 Å². The van der Waals surface area contributed by atoms with Gasteiger partial charge in [-0.05, 0) is 26.0 Å². The average molecular weight is 320 g/mol. The molecule has 0 unspecified atom stereocenters. The maximum Gasteiger partial charge on any atom is 0.264 e. The summed E-state index contributed by atoms with van der Waals surface area (Å²) in [5.74, 6) is 0.150. The molecule has 2 saturated heterocycles. The van der Waals surface area contributed by atoms with Gasteiger partial charge in [0.05, 0.1) is 17.9 Å². The third-order valence-electron chi connectivity index (χ3n) is 4.80. The van der Waals surface area contributed by atoms with Gasteiger partial charge in [0.25, 0.3) is 5.56 Å². The molecule has 0 atom stereocenters. The van der Waals surface area contributed by atoms with Crippen molar-refractivity contribution in [2.75, 3.05) is 39.8 Å². The largest absolute Gasteiger partial charge is 0.372 e. The Morgan fingerprint density at radius 1 is 1.35 bits per heavy atom. The maximum absolute atomic E-state index is 12.3. The molecule has 1 aromatic heterocycles. The van der Waals surface area contributed by atoms with Gasteiger partial charge in [-0.15, -0.1) is 0 Å². The van der Waals surface area contributed by atoms with Crippen molar-refractivity contribution in [3.05, 3.63) is 28.2 Å². The lowest BCUT2D eigenvalue weighted by Crippen LogP contribution is -2.56. The van der Waals surface area contributed by atoms with Crippen LogP contribution in [0.2, 0.25) is 0 Å². The third-order valence-corrected chi connectivity index (χ3v) is 4.80. The number of nitrogens with zero attached hydrogens (tertiary/aromatic N) is 3. The molecule has 2 fully saturated rings. The normalized spacial score (nSPS) is 21.5. The van der Waals surface area contributed by atoms with Gasteiger partial charge in [-0.25, -0.2) is 5.10 Å². The number of likely N-dealkylation sites (N-methyl/N-ethyl adjacent to an activating group) is 1. The number of likely N-dealkylation sites (tertiary alicyclic amines) is 1. The summed E-state index contributed by atoms with van der Waals surface area (Å²) < 4.78 is 6.02. The van der Waals surface area contributed by atoms with Crippen LogP contribution in [0.1, 0.15) is 25.0 Å². The molecular formula is C16H24N4O3. The smallest absolute Gasteiger partial charge is 0.264 e. The molecule has 1 amide bonds. The van der Waals surface area contributed by atoms with E-state index in [1.54, 1.807) is 6.07 Å². The fourth-order valence-corrected chi connectivity index (χ4v) is 3.41. The van der Waals surface area contributed by atoms with E-state index >= 15 is 0 Å². The number of H-pyrrole nitrogens is 1. The lowest BCUT2D eigenvalue weighted by Gasteiger charge is -2.46. The first-order valence-electron chi connectivity index (χ1n) is 8.21. The molecule has 0 aliphatic carbocycles. The number of aromatic amines is 1. The number of aryl methyl sites for hydroxylation is 1. The van der Waals surface area contributed by atoms with Crippen LogP contribution in [0.25, 0.3) is 0 Å². The first kappa shape index (κ1) is 16.1. The van der Waals surface area contributed by atoms with Gasteiger partial charge in [-0.2, -0.15) is 5.10 Å². The van der Waals surface area contributed by atoms with Gasteiger partial charge in [0.2, 0.25) is 5.91 Å². The Bertz CT molecular complexity index is 587. The summed E-state index contributed by atoms with van der Waals surface area (Å²) in [5.41, 5.74) is 0.451. The number of hydrogen-bond acceptors (Lipinski definition) is 5. The molecular weight excluding hydrogens is 296 g/mol. The number of amides is 1. The van der Waals surface area contributed by atoms with E-state index in [1.165, 1.54) is 6.07 Å². The fourth-order valence-electron chi connectivity index (χ4n) is 3.41.